The molecule has 1 unspecified atom stereocenters. The highest BCUT2D eigenvalue weighted by Gasteiger charge is 2.29. The van der Waals surface area contributed by atoms with Crippen molar-refractivity contribution < 1.29 is 18.8 Å². The molecule has 1 aromatic carbocycles. The largest absolute Gasteiger partial charge is 0.467 e. The fraction of sp³-hybridized carbons (Fsp3) is 0.278. The Bertz CT molecular complexity index is 851. The van der Waals surface area contributed by atoms with Gasteiger partial charge in [0, 0.05) is 17.0 Å². The lowest BCUT2D eigenvalue weighted by Gasteiger charge is -2.09. The Morgan fingerprint density at radius 1 is 1.28 bits per heavy atom. The summed E-state index contributed by atoms with van der Waals surface area (Å²) < 4.78 is 10.4. The van der Waals surface area contributed by atoms with E-state index >= 15 is 0 Å². The van der Waals surface area contributed by atoms with Crippen LogP contribution in [0.5, 0.6) is 0 Å². The zero-order valence-electron chi connectivity index (χ0n) is 13.4. The van der Waals surface area contributed by atoms with Gasteiger partial charge in [0.1, 0.15) is 11.9 Å². The highest BCUT2D eigenvalue weighted by Crippen LogP contribution is 2.38. The summed E-state index contributed by atoms with van der Waals surface area (Å²) in [6.07, 6.45) is 2.83. The van der Waals surface area contributed by atoms with Crippen LogP contribution >= 0.6 is 0 Å². The van der Waals surface area contributed by atoms with Crippen molar-refractivity contribution in [2.24, 2.45) is 0 Å². The van der Waals surface area contributed by atoms with Gasteiger partial charge in [0.15, 0.2) is 5.82 Å². The van der Waals surface area contributed by atoms with E-state index in [1.165, 1.54) is 6.26 Å². The van der Waals surface area contributed by atoms with E-state index in [1.54, 1.807) is 36.4 Å². The van der Waals surface area contributed by atoms with Gasteiger partial charge in [0.25, 0.3) is 11.8 Å². The standard InChI is InChI=1S/C18H17N3O4/c22-14(15-2-1-9-24-15)10-19-17(23)12-5-7-13(8-6-12)18-20-16(21-25-18)11-3-4-11/h1-2,5-9,11,14,22H,3-4,10H2,(H,19,23). The number of furan rings is 1. The number of amides is 1. The van der Waals surface area contributed by atoms with Gasteiger partial charge in [-0.15, -0.1) is 0 Å². The van der Waals surface area contributed by atoms with Crippen molar-refractivity contribution in [2.75, 3.05) is 6.54 Å². The number of nitrogens with one attached hydrogen (secondary N) is 1. The molecular weight excluding hydrogens is 322 g/mol. The van der Waals surface area contributed by atoms with Gasteiger partial charge in [0.05, 0.1) is 12.8 Å². The first-order valence-corrected chi connectivity index (χ1v) is 8.14. The molecule has 1 fully saturated rings. The van der Waals surface area contributed by atoms with Gasteiger partial charge in [-0.25, -0.2) is 0 Å². The summed E-state index contributed by atoms with van der Waals surface area (Å²) in [5.74, 6) is 1.79. The van der Waals surface area contributed by atoms with E-state index in [0.717, 1.165) is 24.2 Å². The van der Waals surface area contributed by atoms with Crippen LogP contribution in [0.3, 0.4) is 0 Å². The molecule has 0 radical (unpaired) electrons. The molecule has 2 aromatic heterocycles. The number of aliphatic hydroxyl groups is 1. The monoisotopic (exact) mass is 339 g/mol. The van der Waals surface area contributed by atoms with Crippen LogP contribution < -0.4 is 5.32 Å². The van der Waals surface area contributed by atoms with Crippen LogP contribution in [0.15, 0.2) is 51.6 Å². The third-order valence-electron chi connectivity index (χ3n) is 4.11. The molecule has 4 rings (SSSR count). The van der Waals surface area contributed by atoms with Crippen LogP contribution in [-0.4, -0.2) is 27.7 Å². The molecule has 1 atom stereocenters. The molecule has 2 N–H and O–H groups in total. The van der Waals surface area contributed by atoms with Crippen molar-refractivity contribution in [3.05, 3.63) is 59.8 Å². The highest BCUT2D eigenvalue weighted by atomic mass is 16.5. The quantitative estimate of drug-likeness (QED) is 0.716. The minimum atomic E-state index is -0.877. The number of hydrogen-bond acceptors (Lipinski definition) is 6. The maximum atomic E-state index is 12.2. The fourth-order valence-electron chi connectivity index (χ4n) is 2.50. The molecule has 0 bridgehead atoms. The highest BCUT2D eigenvalue weighted by molar-refractivity contribution is 5.94. The Kier molecular flexibility index (Phi) is 4.07. The molecule has 7 nitrogen and oxygen atoms in total. The maximum Gasteiger partial charge on any atom is 0.257 e. The molecule has 128 valence electrons. The number of aliphatic hydroxyl groups excluding tert-OH is 1. The van der Waals surface area contributed by atoms with Gasteiger partial charge in [-0.05, 0) is 49.2 Å². The molecule has 1 aliphatic carbocycles. The zero-order chi connectivity index (χ0) is 17.2. The molecule has 1 aliphatic rings. The number of rotatable bonds is 6. The van der Waals surface area contributed by atoms with E-state index in [0.29, 0.717) is 23.1 Å². The summed E-state index contributed by atoms with van der Waals surface area (Å²) in [6, 6.07) is 10.2. The second-order valence-corrected chi connectivity index (χ2v) is 6.05. The third-order valence-corrected chi connectivity index (χ3v) is 4.11. The molecular formula is C18H17N3O4. The van der Waals surface area contributed by atoms with Gasteiger partial charge < -0.3 is 19.4 Å². The predicted octanol–water partition coefficient (Wildman–Crippen LogP) is 2.67. The zero-order valence-corrected chi connectivity index (χ0v) is 13.4. The van der Waals surface area contributed by atoms with Crippen LogP contribution in [0.2, 0.25) is 0 Å². The minimum Gasteiger partial charge on any atom is -0.467 e. The lowest BCUT2D eigenvalue weighted by Crippen LogP contribution is -2.28. The van der Waals surface area contributed by atoms with Crippen LogP contribution in [0, 0.1) is 0 Å². The summed E-state index contributed by atoms with van der Waals surface area (Å²) in [4.78, 5) is 16.5. The average molecular weight is 339 g/mol. The Hall–Kier alpha value is -2.93. The van der Waals surface area contributed by atoms with Crippen molar-refractivity contribution in [3.8, 4) is 11.5 Å². The smallest absolute Gasteiger partial charge is 0.257 e. The number of hydrogen-bond donors (Lipinski definition) is 2. The molecule has 7 heteroatoms. The lowest BCUT2D eigenvalue weighted by atomic mass is 10.1. The second kappa shape index (κ2) is 6.52. The van der Waals surface area contributed by atoms with Crippen LogP contribution in [0.4, 0.5) is 0 Å². The van der Waals surface area contributed by atoms with Crippen molar-refractivity contribution in [2.45, 2.75) is 24.9 Å². The van der Waals surface area contributed by atoms with E-state index < -0.39 is 6.10 Å². The average Bonchev–Trinajstić information content (AvgIpc) is 3.14. The van der Waals surface area contributed by atoms with E-state index in [1.807, 2.05) is 0 Å². The Labute approximate surface area is 143 Å². The van der Waals surface area contributed by atoms with E-state index in [9.17, 15) is 9.90 Å². The summed E-state index contributed by atoms with van der Waals surface area (Å²) in [5.41, 5.74) is 1.25. The second-order valence-electron chi connectivity index (χ2n) is 6.05. The minimum absolute atomic E-state index is 0.0719. The number of nitrogens with zero attached hydrogens (tertiary/aromatic N) is 2. The number of carbonyl (C=O) groups excluding carboxylic acids is 1. The van der Waals surface area contributed by atoms with E-state index in [2.05, 4.69) is 15.5 Å². The van der Waals surface area contributed by atoms with Crippen molar-refractivity contribution in [1.29, 1.82) is 0 Å². The van der Waals surface area contributed by atoms with Gasteiger partial charge >= 0.3 is 0 Å². The van der Waals surface area contributed by atoms with Crippen LogP contribution in [0.25, 0.3) is 11.5 Å². The number of carbonyl (C=O) groups is 1. The SMILES string of the molecule is O=C(NCC(O)c1ccco1)c1ccc(-c2nc(C3CC3)no2)cc1. The van der Waals surface area contributed by atoms with Crippen molar-refractivity contribution >= 4 is 5.91 Å². The maximum absolute atomic E-state index is 12.2. The third kappa shape index (κ3) is 3.46. The summed E-state index contributed by atoms with van der Waals surface area (Å²) in [7, 11) is 0. The van der Waals surface area contributed by atoms with Crippen molar-refractivity contribution in [3.63, 3.8) is 0 Å². The Morgan fingerprint density at radius 3 is 2.76 bits per heavy atom. The van der Waals surface area contributed by atoms with E-state index in [4.69, 9.17) is 8.94 Å². The summed E-state index contributed by atoms with van der Waals surface area (Å²) in [6.45, 7) is 0.0719. The lowest BCUT2D eigenvalue weighted by molar-refractivity contribution is 0.0901. The number of aromatic nitrogens is 2. The van der Waals surface area contributed by atoms with Gasteiger partial charge in [-0.3, -0.25) is 4.79 Å². The first kappa shape index (κ1) is 15.6. The molecule has 1 saturated carbocycles. The summed E-state index contributed by atoms with van der Waals surface area (Å²) >= 11 is 0. The van der Waals surface area contributed by atoms with Gasteiger partial charge in [-0.2, -0.15) is 4.98 Å². The fourth-order valence-corrected chi connectivity index (χ4v) is 2.50. The van der Waals surface area contributed by atoms with Gasteiger partial charge in [-0.1, -0.05) is 5.16 Å². The van der Waals surface area contributed by atoms with Crippen LogP contribution in [0.1, 0.15) is 46.8 Å². The van der Waals surface area contributed by atoms with Crippen molar-refractivity contribution in [1.82, 2.24) is 15.5 Å². The predicted molar refractivity (Wildman–Crippen MR) is 87.7 cm³/mol. The molecule has 0 saturated heterocycles. The molecule has 2 heterocycles. The molecule has 3 aromatic rings. The number of benzene rings is 1. The van der Waals surface area contributed by atoms with E-state index in [-0.39, 0.29) is 12.5 Å². The van der Waals surface area contributed by atoms with Crippen LogP contribution in [-0.2, 0) is 0 Å². The molecule has 1 amide bonds. The topological polar surface area (TPSA) is 101 Å². The van der Waals surface area contributed by atoms with Gasteiger partial charge in [0.2, 0.25) is 0 Å². The summed E-state index contributed by atoms with van der Waals surface area (Å²) in [5, 5.41) is 16.6. The normalized spacial score (nSPS) is 15.1. The first-order valence-electron chi connectivity index (χ1n) is 8.14. The Balaban J connectivity index is 1.38. The molecule has 0 aliphatic heterocycles. The molecule has 25 heavy (non-hydrogen) atoms. The Morgan fingerprint density at radius 2 is 2.08 bits per heavy atom. The first-order chi connectivity index (χ1) is 12.2. The molecule has 0 spiro atoms.